The number of benzene rings is 1. The van der Waals surface area contributed by atoms with Crippen LogP contribution in [-0.2, 0) is 6.42 Å². The van der Waals surface area contributed by atoms with Crippen LogP contribution in [0.4, 0.5) is 8.78 Å². The summed E-state index contributed by atoms with van der Waals surface area (Å²) in [4.78, 5) is 0. The third-order valence-electron chi connectivity index (χ3n) is 2.47. The van der Waals surface area contributed by atoms with Crippen LogP contribution in [0.25, 0.3) is 10.6 Å². The Morgan fingerprint density at radius 3 is 2.79 bits per heavy atom. The summed E-state index contributed by atoms with van der Waals surface area (Å²) in [6, 6.07) is 2.00. The molecule has 0 saturated carbocycles. The van der Waals surface area contributed by atoms with E-state index < -0.39 is 11.6 Å². The van der Waals surface area contributed by atoms with Crippen LogP contribution in [0.2, 0.25) is 5.02 Å². The van der Waals surface area contributed by atoms with Crippen LogP contribution < -0.4 is 5.32 Å². The molecule has 2 rings (SSSR count). The van der Waals surface area contributed by atoms with Crippen LogP contribution in [0.5, 0.6) is 0 Å². The second-order valence-electron chi connectivity index (χ2n) is 3.85. The van der Waals surface area contributed by atoms with Gasteiger partial charge in [0.2, 0.25) is 0 Å². The van der Waals surface area contributed by atoms with Gasteiger partial charge in [-0.05, 0) is 18.7 Å². The van der Waals surface area contributed by atoms with Crippen molar-refractivity contribution in [2.45, 2.75) is 13.3 Å². The lowest BCUT2D eigenvalue weighted by Crippen LogP contribution is -2.15. The van der Waals surface area contributed by atoms with Gasteiger partial charge in [0.1, 0.15) is 16.6 Å². The molecule has 0 aliphatic rings. The molecule has 0 atom stereocenters. The van der Waals surface area contributed by atoms with Gasteiger partial charge in [-0.25, -0.2) is 8.78 Å². The van der Waals surface area contributed by atoms with E-state index in [1.54, 1.807) is 0 Å². The van der Waals surface area contributed by atoms with Gasteiger partial charge in [-0.3, -0.25) is 0 Å². The third-order valence-corrected chi connectivity index (χ3v) is 3.78. The molecule has 0 amide bonds. The maximum absolute atomic E-state index is 13.7. The van der Waals surface area contributed by atoms with Crippen molar-refractivity contribution in [2.75, 3.05) is 13.1 Å². The van der Waals surface area contributed by atoms with Crippen LogP contribution in [0.3, 0.4) is 0 Å². The lowest BCUT2D eigenvalue weighted by atomic mass is 10.2. The Balaban J connectivity index is 2.20. The molecule has 0 spiro atoms. The number of nitrogens with one attached hydrogen (secondary N) is 1. The summed E-state index contributed by atoms with van der Waals surface area (Å²) in [5.41, 5.74) is 0.0918. The quantitative estimate of drug-likeness (QED) is 0.680. The summed E-state index contributed by atoms with van der Waals surface area (Å²) in [5.74, 6) is -1.26. The van der Waals surface area contributed by atoms with Gasteiger partial charge in [-0.15, -0.1) is 10.2 Å². The number of aromatic nitrogens is 2. The molecule has 19 heavy (non-hydrogen) atoms. The Morgan fingerprint density at radius 1 is 1.26 bits per heavy atom. The number of rotatable bonds is 5. The van der Waals surface area contributed by atoms with Gasteiger partial charge < -0.3 is 5.32 Å². The molecule has 1 aromatic carbocycles. The van der Waals surface area contributed by atoms with E-state index in [-0.39, 0.29) is 10.6 Å². The van der Waals surface area contributed by atoms with E-state index in [1.165, 1.54) is 11.3 Å². The fourth-order valence-corrected chi connectivity index (χ4v) is 2.53. The summed E-state index contributed by atoms with van der Waals surface area (Å²) >= 11 is 6.76. The first-order chi connectivity index (χ1) is 9.11. The van der Waals surface area contributed by atoms with Crippen LogP contribution >= 0.6 is 22.9 Å². The SMILES string of the molecule is CCNCCc1nnc(-c2cc(F)c(Cl)cc2F)s1. The van der Waals surface area contributed by atoms with E-state index in [0.29, 0.717) is 11.4 Å². The Hall–Kier alpha value is -1.11. The molecular formula is C12H12ClF2N3S. The summed E-state index contributed by atoms with van der Waals surface area (Å²) in [7, 11) is 0. The van der Waals surface area contributed by atoms with E-state index >= 15 is 0 Å². The first-order valence-corrected chi connectivity index (χ1v) is 6.99. The fraction of sp³-hybridized carbons (Fsp3) is 0.333. The van der Waals surface area contributed by atoms with Gasteiger partial charge in [0.25, 0.3) is 0 Å². The highest BCUT2D eigenvalue weighted by atomic mass is 35.5. The predicted octanol–water partition coefficient (Wildman–Crippen LogP) is 3.29. The van der Waals surface area contributed by atoms with Gasteiger partial charge in [-0.1, -0.05) is 29.9 Å². The molecule has 1 heterocycles. The molecular weight excluding hydrogens is 292 g/mol. The van der Waals surface area contributed by atoms with Crippen LogP contribution in [-0.4, -0.2) is 23.3 Å². The Kier molecular flexibility index (Phi) is 4.79. The Morgan fingerprint density at radius 2 is 2.05 bits per heavy atom. The van der Waals surface area contributed by atoms with Gasteiger partial charge in [-0.2, -0.15) is 0 Å². The summed E-state index contributed by atoms with van der Waals surface area (Å²) in [6.07, 6.45) is 0.712. The lowest BCUT2D eigenvalue weighted by Gasteiger charge is -2.00. The highest BCUT2D eigenvalue weighted by molar-refractivity contribution is 7.14. The average Bonchev–Trinajstić information content (AvgIpc) is 2.83. The molecule has 0 aliphatic carbocycles. The summed E-state index contributed by atoms with van der Waals surface area (Å²) in [6.45, 7) is 3.67. The highest BCUT2D eigenvalue weighted by Crippen LogP contribution is 2.29. The number of nitrogens with zero attached hydrogens (tertiary/aromatic N) is 2. The minimum absolute atomic E-state index is 0.0918. The molecule has 2 aromatic rings. The van der Waals surface area contributed by atoms with E-state index in [2.05, 4.69) is 15.5 Å². The molecule has 0 fully saturated rings. The number of hydrogen-bond donors (Lipinski definition) is 1. The van der Waals surface area contributed by atoms with E-state index in [1.807, 2.05) is 6.92 Å². The van der Waals surface area contributed by atoms with Crippen molar-refractivity contribution in [1.82, 2.24) is 15.5 Å². The lowest BCUT2D eigenvalue weighted by molar-refractivity contribution is 0.603. The van der Waals surface area contributed by atoms with Crippen molar-refractivity contribution >= 4 is 22.9 Å². The fourth-order valence-electron chi connectivity index (χ4n) is 1.52. The van der Waals surface area contributed by atoms with E-state index in [9.17, 15) is 8.78 Å². The van der Waals surface area contributed by atoms with Crippen molar-refractivity contribution in [1.29, 1.82) is 0 Å². The zero-order valence-electron chi connectivity index (χ0n) is 10.2. The molecule has 0 aliphatic heterocycles. The summed E-state index contributed by atoms with van der Waals surface area (Å²) < 4.78 is 27.1. The molecule has 102 valence electrons. The van der Waals surface area contributed by atoms with Crippen LogP contribution in [0.15, 0.2) is 12.1 Å². The molecule has 0 saturated heterocycles. The molecule has 3 nitrogen and oxygen atoms in total. The first kappa shape index (κ1) is 14.3. The highest BCUT2D eigenvalue weighted by Gasteiger charge is 2.14. The predicted molar refractivity (Wildman–Crippen MR) is 72.5 cm³/mol. The topological polar surface area (TPSA) is 37.8 Å². The van der Waals surface area contributed by atoms with Crippen molar-refractivity contribution in [3.8, 4) is 10.6 Å². The molecule has 1 N–H and O–H groups in total. The van der Waals surface area contributed by atoms with Crippen LogP contribution in [0.1, 0.15) is 11.9 Å². The number of likely N-dealkylation sites (N-methyl/N-ethyl adjacent to an activating group) is 1. The van der Waals surface area contributed by atoms with Gasteiger partial charge in [0, 0.05) is 13.0 Å². The normalized spacial score (nSPS) is 10.9. The van der Waals surface area contributed by atoms with Crippen molar-refractivity contribution in [2.24, 2.45) is 0 Å². The minimum Gasteiger partial charge on any atom is -0.317 e. The molecule has 7 heteroatoms. The monoisotopic (exact) mass is 303 g/mol. The molecule has 0 unspecified atom stereocenters. The van der Waals surface area contributed by atoms with Crippen molar-refractivity contribution in [3.05, 3.63) is 33.8 Å². The van der Waals surface area contributed by atoms with E-state index in [0.717, 1.165) is 30.2 Å². The Labute approximate surface area is 118 Å². The second-order valence-corrected chi connectivity index (χ2v) is 5.32. The molecule has 0 bridgehead atoms. The zero-order valence-corrected chi connectivity index (χ0v) is 11.8. The van der Waals surface area contributed by atoms with Gasteiger partial charge in [0.05, 0.1) is 10.6 Å². The maximum atomic E-state index is 13.7. The standard InChI is InChI=1S/C12H12ClF2N3S/c1-2-16-4-3-11-17-18-12(19-11)7-5-10(15)8(13)6-9(7)14/h5-6,16H,2-4H2,1H3. The maximum Gasteiger partial charge on any atom is 0.150 e. The molecule has 1 aromatic heterocycles. The summed E-state index contributed by atoms with van der Waals surface area (Å²) in [5, 5.41) is 11.9. The molecule has 0 radical (unpaired) electrons. The number of hydrogen-bond acceptors (Lipinski definition) is 4. The zero-order chi connectivity index (χ0) is 13.8. The largest absolute Gasteiger partial charge is 0.317 e. The van der Waals surface area contributed by atoms with Crippen molar-refractivity contribution < 1.29 is 8.78 Å². The number of halogens is 3. The van der Waals surface area contributed by atoms with Gasteiger partial charge >= 0.3 is 0 Å². The van der Waals surface area contributed by atoms with Gasteiger partial charge in [0.15, 0.2) is 5.01 Å². The Bertz CT molecular complexity index is 574. The van der Waals surface area contributed by atoms with Crippen molar-refractivity contribution in [3.63, 3.8) is 0 Å². The van der Waals surface area contributed by atoms with Crippen LogP contribution in [0, 0.1) is 11.6 Å². The average molecular weight is 304 g/mol. The second kappa shape index (κ2) is 6.36. The minimum atomic E-state index is -0.664. The smallest absolute Gasteiger partial charge is 0.150 e. The first-order valence-electron chi connectivity index (χ1n) is 5.79. The van der Waals surface area contributed by atoms with E-state index in [4.69, 9.17) is 11.6 Å². The third kappa shape index (κ3) is 3.46.